The first-order chi connectivity index (χ1) is 7.13. The number of nitrogens with zero attached hydrogens (tertiary/aromatic N) is 1. The Hall–Kier alpha value is -0.350. The number of rotatable bonds is 5. The molecule has 0 bridgehead atoms. The van der Waals surface area contributed by atoms with E-state index >= 15 is 0 Å². The molecule has 1 aromatic rings. The summed E-state index contributed by atoms with van der Waals surface area (Å²) in [5.41, 5.74) is 0.640. The van der Waals surface area contributed by atoms with Crippen LogP contribution < -0.4 is 5.32 Å². The van der Waals surface area contributed by atoms with Gasteiger partial charge in [0.1, 0.15) is 5.82 Å². The molecule has 0 aliphatic heterocycles. The SMILES string of the molecule is CNCCN(C)Cc1cc(Cl)ccc1F.Cl. The average Bonchev–Trinajstić information content (AvgIpc) is 2.20. The summed E-state index contributed by atoms with van der Waals surface area (Å²) in [5.74, 6) is -0.198. The van der Waals surface area contributed by atoms with Crippen molar-refractivity contribution in [3.63, 3.8) is 0 Å². The monoisotopic (exact) mass is 266 g/mol. The van der Waals surface area contributed by atoms with E-state index in [1.54, 1.807) is 12.1 Å². The highest BCUT2D eigenvalue weighted by Crippen LogP contribution is 2.15. The molecule has 0 aliphatic rings. The van der Waals surface area contributed by atoms with E-state index < -0.39 is 0 Å². The molecule has 2 nitrogen and oxygen atoms in total. The molecule has 0 saturated carbocycles. The van der Waals surface area contributed by atoms with Gasteiger partial charge in [0, 0.05) is 30.2 Å². The Morgan fingerprint density at radius 1 is 1.44 bits per heavy atom. The van der Waals surface area contributed by atoms with Crippen LogP contribution in [0.4, 0.5) is 4.39 Å². The van der Waals surface area contributed by atoms with Crippen molar-refractivity contribution in [3.05, 3.63) is 34.6 Å². The molecule has 0 aromatic heterocycles. The molecule has 0 atom stereocenters. The van der Waals surface area contributed by atoms with Gasteiger partial charge in [0.05, 0.1) is 0 Å². The number of halogens is 3. The van der Waals surface area contributed by atoms with Gasteiger partial charge >= 0.3 is 0 Å². The van der Waals surface area contributed by atoms with E-state index in [0.717, 1.165) is 13.1 Å². The van der Waals surface area contributed by atoms with E-state index in [4.69, 9.17) is 11.6 Å². The number of benzene rings is 1. The molecule has 16 heavy (non-hydrogen) atoms. The van der Waals surface area contributed by atoms with Crippen LogP contribution in [0.15, 0.2) is 18.2 Å². The first kappa shape index (κ1) is 15.7. The molecule has 0 radical (unpaired) electrons. The Bertz CT molecular complexity index is 321. The molecule has 0 aliphatic carbocycles. The molecule has 0 unspecified atom stereocenters. The number of hydrogen-bond acceptors (Lipinski definition) is 2. The topological polar surface area (TPSA) is 15.3 Å². The predicted octanol–water partition coefficient (Wildman–Crippen LogP) is 2.55. The normalized spacial score (nSPS) is 10.3. The number of hydrogen-bond donors (Lipinski definition) is 1. The van der Waals surface area contributed by atoms with E-state index in [0.29, 0.717) is 17.1 Å². The van der Waals surface area contributed by atoms with Gasteiger partial charge < -0.3 is 10.2 Å². The third-order valence-electron chi connectivity index (χ3n) is 2.19. The molecule has 0 spiro atoms. The van der Waals surface area contributed by atoms with E-state index in [1.165, 1.54) is 6.07 Å². The quantitative estimate of drug-likeness (QED) is 0.882. The summed E-state index contributed by atoms with van der Waals surface area (Å²) in [7, 11) is 3.85. The molecule has 0 heterocycles. The zero-order chi connectivity index (χ0) is 11.3. The third kappa shape index (κ3) is 5.12. The minimum Gasteiger partial charge on any atom is -0.318 e. The highest BCUT2D eigenvalue weighted by Gasteiger charge is 2.05. The highest BCUT2D eigenvalue weighted by molar-refractivity contribution is 6.30. The zero-order valence-electron chi connectivity index (χ0n) is 9.46. The summed E-state index contributed by atoms with van der Waals surface area (Å²) in [6.07, 6.45) is 0. The maximum Gasteiger partial charge on any atom is 0.127 e. The van der Waals surface area contributed by atoms with Crippen LogP contribution in [0.5, 0.6) is 0 Å². The predicted molar refractivity (Wildman–Crippen MR) is 68.9 cm³/mol. The second-order valence-electron chi connectivity index (χ2n) is 3.58. The Kier molecular flexibility index (Phi) is 7.68. The molecule has 0 amide bonds. The zero-order valence-corrected chi connectivity index (χ0v) is 11.0. The minimum absolute atomic E-state index is 0. The maximum atomic E-state index is 13.4. The van der Waals surface area contributed by atoms with Crippen molar-refractivity contribution < 1.29 is 4.39 Å². The molecule has 0 saturated heterocycles. The molecule has 0 fully saturated rings. The van der Waals surface area contributed by atoms with Crippen molar-refractivity contribution >= 4 is 24.0 Å². The molecule has 5 heteroatoms. The Balaban J connectivity index is 0.00000225. The van der Waals surface area contributed by atoms with Gasteiger partial charge in [-0.3, -0.25) is 0 Å². The lowest BCUT2D eigenvalue weighted by Crippen LogP contribution is -2.27. The van der Waals surface area contributed by atoms with Crippen molar-refractivity contribution in [2.75, 3.05) is 27.2 Å². The summed E-state index contributed by atoms with van der Waals surface area (Å²) < 4.78 is 13.4. The van der Waals surface area contributed by atoms with Gasteiger partial charge in [0.15, 0.2) is 0 Å². The van der Waals surface area contributed by atoms with Gasteiger partial charge in [0.2, 0.25) is 0 Å². The summed E-state index contributed by atoms with van der Waals surface area (Å²) in [5, 5.41) is 3.63. The Morgan fingerprint density at radius 2 is 2.12 bits per heavy atom. The fourth-order valence-corrected chi connectivity index (χ4v) is 1.53. The highest BCUT2D eigenvalue weighted by atomic mass is 35.5. The molecule has 1 N–H and O–H groups in total. The van der Waals surface area contributed by atoms with Crippen LogP contribution in [0.1, 0.15) is 5.56 Å². The summed E-state index contributed by atoms with van der Waals surface area (Å²) in [4.78, 5) is 2.05. The Labute approximate surface area is 107 Å². The van der Waals surface area contributed by atoms with E-state index in [2.05, 4.69) is 5.32 Å². The van der Waals surface area contributed by atoms with Gasteiger partial charge in [-0.1, -0.05) is 11.6 Å². The van der Waals surface area contributed by atoms with Crippen LogP contribution in [0.2, 0.25) is 5.02 Å². The molecular weight excluding hydrogens is 250 g/mol. The molecular formula is C11H17Cl2FN2. The first-order valence-corrected chi connectivity index (χ1v) is 5.28. The standard InChI is InChI=1S/C11H16ClFN2.ClH/c1-14-5-6-15(2)8-9-7-10(12)3-4-11(9)13;/h3-4,7,14H,5-6,8H2,1-2H3;1H. The van der Waals surface area contributed by atoms with Crippen molar-refractivity contribution in [1.29, 1.82) is 0 Å². The van der Waals surface area contributed by atoms with Crippen LogP contribution in [-0.4, -0.2) is 32.1 Å². The fraction of sp³-hybridized carbons (Fsp3) is 0.455. The summed E-state index contributed by atoms with van der Waals surface area (Å²) in [6.45, 7) is 2.34. The largest absolute Gasteiger partial charge is 0.318 e. The smallest absolute Gasteiger partial charge is 0.127 e. The van der Waals surface area contributed by atoms with Crippen LogP contribution in [0.25, 0.3) is 0 Å². The maximum absolute atomic E-state index is 13.4. The molecule has 1 aromatic carbocycles. The van der Waals surface area contributed by atoms with Gasteiger partial charge in [-0.2, -0.15) is 0 Å². The Morgan fingerprint density at radius 3 is 2.75 bits per heavy atom. The van der Waals surface area contributed by atoms with Crippen molar-refractivity contribution in [3.8, 4) is 0 Å². The van der Waals surface area contributed by atoms with Gasteiger partial charge in [-0.25, -0.2) is 4.39 Å². The second kappa shape index (κ2) is 7.85. The summed E-state index contributed by atoms with van der Waals surface area (Å²) >= 11 is 5.81. The van der Waals surface area contributed by atoms with Gasteiger partial charge in [-0.15, -0.1) is 12.4 Å². The summed E-state index contributed by atoms with van der Waals surface area (Å²) in [6, 6.07) is 4.64. The number of nitrogens with one attached hydrogen (secondary N) is 1. The van der Waals surface area contributed by atoms with Crippen LogP contribution in [-0.2, 0) is 6.54 Å². The van der Waals surface area contributed by atoms with Crippen molar-refractivity contribution in [1.82, 2.24) is 10.2 Å². The van der Waals surface area contributed by atoms with Crippen LogP contribution >= 0.6 is 24.0 Å². The second-order valence-corrected chi connectivity index (χ2v) is 4.01. The van der Waals surface area contributed by atoms with Crippen LogP contribution in [0.3, 0.4) is 0 Å². The van der Waals surface area contributed by atoms with E-state index in [9.17, 15) is 4.39 Å². The molecule has 1 rings (SSSR count). The van der Waals surface area contributed by atoms with Crippen molar-refractivity contribution in [2.45, 2.75) is 6.54 Å². The van der Waals surface area contributed by atoms with Crippen molar-refractivity contribution in [2.24, 2.45) is 0 Å². The minimum atomic E-state index is -0.198. The van der Waals surface area contributed by atoms with E-state index in [-0.39, 0.29) is 18.2 Å². The van der Waals surface area contributed by atoms with Gasteiger partial charge in [0.25, 0.3) is 0 Å². The number of likely N-dealkylation sites (N-methyl/N-ethyl adjacent to an activating group) is 2. The van der Waals surface area contributed by atoms with E-state index in [1.807, 2.05) is 19.0 Å². The lowest BCUT2D eigenvalue weighted by atomic mass is 10.2. The lowest BCUT2D eigenvalue weighted by Gasteiger charge is -2.16. The molecule has 92 valence electrons. The average molecular weight is 267 g/mol. The third-order valence-corrected chi connectivity index (χ3v) is 2.43. The fourth-order valence-electron chi connectivity index (χ4n) is 1.34. The van der Waals surface area contributed by atoms with Gasteiger partial charge in [-0.05, 0) is 32.3 Å². The lowest BCUT2D eigenvalue weighted by molar-refractivity contribution is 0.322. The van der Waals surface area contributed by atoms with Crippen LogP contribution in [0, 0.1) is 5.82 Å². The first-order valence-electron chi connectivity index (χ1n) is 4.90.